The number of carbonyl (C=O) groups excluding carboxylic acids is 2. The van der Waals surface area contributed by atoms with Gasteiger partial charge in [-0.25, -0.2) is 13.2 Å². The molecule has 162 valence electrons. The number of anilines is 2. The van der Waals surface area contributed by atoms with Crippen LogP contribution in [-0.4, -0.2) is 39.2 Å². The molecule has 0 saturated heterocycles. The van der Waals surface area contributed by atoms with Crippen LogP contribution in [0.2, 0.25) is 10.0 Å². The van der Waals surface area contributed by atoms with Gasteiger partial charge >= 0.3 is 5.97 Å². The molecule has 2 rings (SSSR count). The Labute approximate surface area is 186 Å². The molecule has 0 radical (unpaired) electrons. The first-order chi connectivity index (χ1) is 14.1. The van der Waals surface area contributed by atoms with Crippen molar-refractivity contribution in [2.75, 3.05) is 22.5 Å². The second-order valence-corrected chi connectivity index (χ2v) is 9.07. The molecule has 2 aromatic rings. The van der Waals surface area contributed by atoms with E-state index >= 15 is 0 Å². The van der Waals surface area contributed by atoms with E-state index in [0.29, 0.717) is 10.7 Å². The fourth-order valence-corrected chi connectivity index (χ4v) is 4.51. The van der Waals surface area contributed by atoms with Crippen LogP contribution < -0.4 is 9.62 Å². The van der Waals surface area contributed by atoms with Crippen LogP contribution in [-0.2, 0) is 19.6 Å². The highest BCUT2D eigenvalue weighted by Gasteiger charge is 2.31. The Hall–Kier alpha value is -2.29. The molecule has 0 saturated carbocycles. The molecule has 0 spiro atoms. The van der Waals surface area contributed by atoms with Crippen molar-refractivity contribution < 1.29 is 22.7 Å². The van der Waals surface area contributed by atoms with Crippen LogP contribution in [0.1, 0.15) is 30.6 Å². The van der Waals surface area contributed by atoms with Gasteiger partial charge in [0, 0.05) is 10.7 Å². The number of ether oxygens (including phenoxy) is 1. The fraction of sp³-hybridized carbons (Fsp3) is 0.300. The van der Waals surface area contributed by atoms with Crippen LogP contribution in [0.15, 0.2) is 42.5 Å². The van der Waals surface area contributed by atoms with Gasteiger partial charge < -0.3 is 10.1 Å². The number of nitrogens with zero attached hydrogens (tertiary/aromatic N) is 1. The third kappa shape index (κ3) is 5.87. The van der Waals surface area contributed by atoms with Crippen molar-refractivity contribution in [3.05, 3.63) is 58.1 Å². The normalized spacial score (nSPS) is 12.2. The highest BCUT2D eigenvalue weighted by molar-refractivity contribution is 7.92. The van der Waals surface area contributed by atoms with Gasteiger partial charge in [0.15, 0.2) is 0 Å². The summed E-state index contributed by atoms with van der Waals surface area (Å²) < 4.78 is 30.9. The molecule has 10 heteroatoms. The molecule has 30 heavy (non-hydrogen) atoms. The van der Waals surface area contributed by atoms with Gasteiger partial charge in [-0.05, 0) is 49.7 Å². The zero-order valence-corrected chi connectivity index (χ0v) is 19.0. The minimum absolute atomic E-state index is 0.106. The van der Waals surface area contributed by atoms with E-state index in [0.717, 1.165) is 10.6 Å². The summed E-state index contributed by atoms with van der Waals surface area (Å²) in [7, 11) is -3.79. The van der Waals surface area contributed by atoms with Gasteiger partial charge in [-0.1, -0.05) is 36.2 Å². The standard InChI is InChI=1S/C20H22Cl2N2O5S/c1-4-18(24(30(3,27)28)15-8-6-7-13(21)11-15)19(25)23-14-9-10-16(17(22)12-14)20(26)29-5-2/h6-12,18H,4-5H2,1-3H3,(H,23,25)/t18-/m1/s1. The lowest BCUT2D eigenvalue weighted by molar-refractivity contribution is -0.117. The number of hydrogen-bond acceptors (Lipinski definition) is 5. The van der Waals surface area contributed by atoms with Crippen LogP contribution in [0.3, 0.4) is 0 Å². The Morgan fingerprint density at radius 2 is 1.83 bits per heavy atom. The lowest BCUT2D eigenvalue weighted by Crippen LogP contribution is -2.47. The Balaban J connectivity index is 2.32. The zero-order valence-electron chi connectivity index (χ0n) is 16.7. The maximum Gasteiger partial charge on any atom is 0.339 e. The molecule has 0 aliphatic rings. The Kier molecular flexibility index (Phi) is 8.11. The number of sulfonamides is 1. The Bertz CT molecular complexity index is 1040. The summed E-state index contributed by atoms with van der Waals surface area (Å²) in [6.45, 7) is 3.58. The second kappa shape index (κ2) is 10.1. The molecule has 0 aliphatic carbocycles. The van der Waals surface area contributed by atoms with Crippen molar-refractivity contribution in [3.8, 4) is 0 Å². The lowest BCUT2D eigenvalue weighted by atomic mass is 10.1. The molecule has 0 heterocycles. The molecule has 2 aromatic carbocycles. The quantitative estimate of drug-likeness (QED) is 0.576. The predicted octanol–water partition coefficient (Wildman–Crippen LogP) is 4.35. The lowest BCUT2D eigenvalue weighted by Gasteiger charge is -2.30. The van der Waals surface area contributed by atoms with E-state index in [1.54, 1.807) is 32.0 Å². The summed E-state index contributed by atoms with van der Waals surface area (Å²) in [5.74, 6) is -1.13. The predicted molar refractivity (Wildman–Crippen MR) is 119 cm³/mol. The zero-order chi connectivity index (χ0) is 22.5. The van der Waals surface area contributed by atoms with Gasteiger partial charge in [-0.2, -0.15) is 0 Å². The van der Waals surface area contributed by atoms with E-state index in [1.165, 1.54) is 24.3 Å². The molecule has 0 unspecified atom stereocenters. The maximum atomic E-state index is 12.9. The summed E-state index contributed by atoms with van der Waals surface area (Å²) in [6.07, 6.45) is 1.23. The molecule has 0 aliphatic heterocycles. The second-order valence-electron chi connectivity index (χ2n) is 6.37. The number of rotatable bonds is 8. The van der Waals surface area contributed by atoms with Crippen LogP contribution >= 0.6 is 23.2 Å². The Morgan fingerprint density at radius 3 is 2.37 bits per heavy atom. The van der Waals surface area contributed by atoms with E-state index in [9.17, 15) is 18.0 Å². The van der Waals surface area contributed by atoms with Gasteiger partial charge in [0.2, 0.25) is 15.9 Å². The van der Waals surface area contributed by atoms with Gasteiger partial charge in [0.1, 0.15) is 6.04 Å². The molecular weight excluding hydrogens is 451 g/mol. The van der Waals surface area contributed by atoms with E-state index in [4.69, 9.17) is 27.9 Å². The molecule has 1 amide bonds. The molecule has 7 nitrogen and oxygen atoms in total. The molecular formula is C20H22Cl2N2O5S. The number of hydrogen-bond donors (Lipinski definition) is 1. The average Bonchev–Trinajstić information content (AvgIpc) is 2.65. The van der Waals surface area contributed by atoms with Crippen molar-refractivity contribution in [1.82, 2.24) is 0 Å². The van der Waals surface area contributed by atoms with Gasteiger partial charge in [-0.15, -0.1) is 0 Å². The van der Waals surface area contributed by atoms with E-state index < -0.39 is 27.9 Å². The highest BCUT2D eigenvalue weighted by atomic mass is 35.5. The number of halogens is 2. The number of carbonyl (C=O) groups is 2. The Morgan fingerprint density at radius 1 is 1.13 bits per heavy atom. The molecule has 1 atom stereocenters. The van der Waals surface area contributed by atoms with Crippen molar-refractivity contribution in [2.45, 2.75) is 26.3 Å². The average molecular weight is 473 g/mol. The summed E-state index contributed by atoms with van der Waals surface area (Å²) in [5, 5.41) is 3.11. The minimum atomic E-state index is -3.79. The monoisotopic (exact) mass is 472 g/mol. The van der Waals surface area contributed by atoms with Crippen LogP contribution in [0, 0.1) is 0 Å². The van der Waals surface area contributed by atoms with E-state index in [-0.39, 0.29) is 29.3 Å². The fourth-order valence-electron chi connectivity index (χ4n) is 2.87. The summed E-state index contributed by atoms with van der Waals surface area (Å²) in [6, 6.07) is 9.56. The van der Waals surface area contributed by atoms with Gasteiger partial charge in [0.25, 0.3) is 0 Å². The molecule has 0 bridgehead atoms. The largest absolute Gasteiger partial charge is 0.462 e. The topological polar surface area (TPSA) is 92.8 Å². The summed E-state index contributed by atoms with van der Waals surface area (Å²) in [5.41, 5.74) is 0.763. The van der Waals surface area contributed by atoms with Gasteiger partial charge in [0.05, 0.1) is 29.1 Å². The third-order valence-electron chi connectivity index (χ3n) is 4.12. The van der Waals surface area contributed by atoms with Gasteiger partial charge in [-0.3, -0.25) is 9.10 Å². The van der Waals surface area contributed by atoms with Crippen molar-refractivity contribution in [1.29, 1.82) is 0 Å². The van der Waals surface area contributed by atoms with E-state index in [1.807, 2.05) is 0 Å². The first-order valence-electron chi connectivity index (χ1n) is 9.11. The maximum absolute atomic E-state index is 12.9. The van der Waals surface area contributed by atoms with Crippen molar-refractivity contribution >= 4 is 56.5 Å². The first-order valence-corrected chi connectivity index (χ1v) is 11.7. The summed E-state index contributed by atoms with van der Waals surface area (Å²) >= 11 is 12.1. The first kappa shape index (κ1) is 24.0. The summed E-state index contributed by atoms with van der Waals surface area (Å²) in [4.78, 5) is 24.8. The number of nitrogens with one attached hydrogen (secondary N) is 1. The van der Waals surface area contributed by atoms with Crippen LogP contribution in [0.4, 0.5) is 11.4 Å². The smallest absolute Gasteiger partial charge is 0.339 e. The molecule has 0 aromatic heterocycles. The van der Waals surface area contributed by atoms with Crippen LogP contribution in [0.25, 0.3) is 0 Å². The molecule has 0 fully saturated rings. The minimum Gasteiger partial charge on any atom is -0.462 e. The number of esters is 1. The van der Waals surface area contributed by atoms with Crippen LogP contribution in [0.5, 0.6) is 0 Å². The number of benzene rings is 2. The third-order valence-corrected chi connectivity index (χ3v) is 5.85. The van der Waals surface area contributed by atoms with Crippen molar-refractivity contribution in [2.24, 2.45) is 0 Å². The molecule has 1 N–H and O–H groups in total. The highest BCUT2D eigenvalue weighted by Crippen LogP contribution is 2.27. The van der Waals surface area contributed by atoms with Crippen molar-refractivity contribution in [3.63, 3.8) is 0 Å². The SMILES string of the molecule is CCOC(=O)c1ccc(NC(=O)[C@@H](CC)N(c2cccc(Cl)c2)S(C)(=O)=O)cc1Cl. The van der Waals surface area contributed by atoms with E-state index in [2.05, 4.69) is 5.32 Å². The number of amides is 1.